The molecule has 94 valence electrons. The van der Waals surface area contributed by atoms with Crippen LogP contribution in [-0.2, 0) is 0 Å². The highest BCUT2D eigenvalue weighted by Gasteiger charge is 2.07. The molecule has 0 aliphatic heterocycles. The van der Waals surface area contributed by atoms with Crippen molar-refractivity contribution in [2.75, 3.05) is 0 Å². The number of halogens is 2. The Balaban J connectivity index is 1.97. The van der Waals surface area contributed by atoms with Crippen LogP contribution in [0.3, 0.4) is 0 Å². The van der Waals surface area contributed by atoms with E-state index in [1.807, 2.05) is 41.8 Å². The molecule has 5 heteroatoms. The number of hydrogen-bond donors (Lipinski definition) is 0. The fraction of sp³-hybridized carbons (Fsp3) is 0. The van der Waals surface area contributed by atoms with Gasteiger partial charge in [0, 0.05) is 27.2 Å². The molecule has 0 fully saturated rings. The lowest BCUT2D eigenvalue weighted by molar-refractivity contribution is 1.32. The van der Waals surface area contributed by atoms with E-state index in [2.05, 4.69) is 25.9 Å². The Hall–Kier alpha value is -1.23. The van der Waals surface area contributed by atoms with Crippen molar-refractivity contribution < 1.29 is 0 Å². The number of hydrogen-bond acceptors (Lipinski definition) is 3. The minimum absolute atomic E-state index is 0.484. The number of pyridine rings is 1. The van der Waals surface area contributed by atoms with Crippen LogP contribution in [0, 0.1) is 0 Å². The molecule has 0 radical (unpaired) electrons. The van der Waals surface area contributed by atoms with Crippen molar-refractivity contribution in [1.82, 2.24) is 9.97 Å². The van der Waals surface area contributed by atoms with Gasteiger partial charge in [0.1, 0.15) is 10.2 Å². The van der Waals surface area contributed by atoms with E-state index in [0.717, 1.165) is 26.3 Å². The summed E-state index contributed by atoms with van der Waals surface area (Å²) in [6.07, 6.45) is 1.69. The first-order chi connectivity index (χ1) is 9.22. The molecule has 2 heterocycles. The SMILES string of the molecule is Clc1cc(-c2nc(-c3ccc(Br)cc3)cs2)ccn1. The van der Waals surface area contributed by atoms with Crippen LogP contribution in [0.2, 0.25) is 5.15 Å². The van der Waals surface area contributed by atoms with Crippen molar-refractivity contribution in [3.05, 3.63) is 57.6 Å². The average Bonchev–Trinajstić information content (AvgIpc) is 2.89. The Morgan fingerprint density at radius 1 is 1.05 bits per heavy atom. The van der Waals surface area contributed by atoms with Crippen LogP contribution < -0.4 is 0 Å². The fourth-order valence-corrected chi connectivity index (χ4v) is 2.96. The first-order valence-electron chi connectivity index (χ1n) is 5.56. The number of nitrogens with zero attached hydrogens (tertiary/aromatic N) is 2. The number of benzene rings is 1. The van der Waals surface area contributed by atoms with Crippen LogP contribution in [0.15, 0.2) is 52.4 Å². The van der Waals surface area contributed by atoms with E-state index in [0.29, 0.717) is 5.15 Å². The van der Waals surface area contributed by atoms with Gasteiger partial charge < -0.3 is 0 Å². The first-order valence-corrected chi connectivity index (χ1v) is 7.61. The number of thiazole rings is 1. The van der Waals surface area contributed by atoms with Gasteiger partial charge in [0.2, 0.25) is 0 Å². The van der Waals surface area contributed by atoms with Crippen LogP contribution in [0.25, 0.3) is 21.8 Å². The van der Waals surface area contributed by atoms with E-state index >= 15 is 0 Å². The molecule has 3 aromatic rings. The largest absolute Gasteiger partial charge is 0.245 e. The monoisotopic (exact) mass is 350 g/mol. The summed E-state index contributed by atoms with van der Waals surface area (Å²) in [5.41, 5.74) is 3.07. The molecule has 0 N–H and O–H groups in total. The van der Waals surface area contributed by atoms with Crippen molar-refractivity contribution in [3.63, 3.8) is 0 Å². The topological polar surface area (TPSA) is 25.8 Å². The van der Waals surface area contributed by atoms with Gasteiger partial charge >= 0.3 is 0 Å². The molecule has 0 aliphatic rings. The highest BCUT2D eigenvalue weighted by molar-refractivity contribution is 9.10. The van der Waals surface area contributed by atoms with Gasteiger partial charge in [0.15, 0.2) is 0 Å². The van der Waals surface area contributed by atoms with E-state index in [-0.39, 0.29) is 0 Å². The van der Waals surface area contributed by atoms with E-state index in [1.54, 1.807) is 17.5 Å². The molecular weight excluding hydrogens is 344 g/mol. The van der Waals surface area contributed by atoms with Gasteiger partial charge in [-0.25, -0.2) is 9.97 Å². The zero-order valence-corrected chi connectivity index (χ0v) is 12.8. The fourth-order valence-electron chi connectivity index (χ4n) is 1.70. The molecule has 0 aliphatic carbocycles. The van der Waals surface area contributed by atoms with E-state index in [1.165, 1.54) is 0 Å². The van der Waals surface area contributed by atoms with Gasteiger partial charge in [-0.05, 0) is 24.3 Å². The van der Waals surface area contributed by atoms with Crippen molar-refractivity contribution >= 4 is 38.9 Å². The molecule has 0 atom stereocenters. The van der Waals surface area contributed by atoms with Gasteiger partial charge in [-0.2, -0.15) is 0 Å². The molecule has 2 nitrogen and oxygen atoms in total. The summed E-state index contributed by atoms with van der Waals surface area (Å²) in [5.74, 6) is 0. The smallest absolute Gasteiger partial charge is 0.129 e. The summed E-state index contributed by atoms with van der Waals surface area (Å²) in [4.78, 5) is 8.62. The van der Waals surface area contributed by atoms with E-state index < -0.39 is 0 Å². The van der Waals surface area contributed by atoms with Gasteiger partial charge in [-0.15, -0.1) is 11.3 Å². The third-order valence-electron chi connectivity index (χ3n) is 2.62. The van der Waals surface area contributed by atoms with E-state index in [9.17, 15) is 0 Å². The molecule has 0 saturated carbocycles. The molecule has 0 unspecified atom stereocenters. The summed E-state index contributed by atoms with van der Waals surface area (Å²) in [5, 5.41) is 3.48. The number of rotatable bonds is 2. The third kappa shape index (κ3) is 2.86. The van der Waals surface area contributed by atoms with E-state index in [4.69, 9.17) is 11.6 Å². The summed E-state index contributed by atoms with van der Waals surface area (Å²) in [7, 11) is 0. The standard InChI is InChI=1S/C14H8BrClN2S/c15-11-3-1-9(2-4-11)12-8-19-14(18-12)10-5-6-17-13(16)7-10/h1-8H. The minimum Gasteiger partial charge on any atom is -0.245 e. The molecule has 19 heavy (non-hydrogen) atoms. The molecular formula is C14H8BrClN2S. The normalized spacial score (nSPS) is 10.6. The highest BCUT2D eigenvalue weighted by Crippen LogP contribution is 2.30. The van der Waals surface area contributed by atoms with Gasteiger partial charge in [0.25, 0.3) is 0 Å². The maximum Gasteiger partial charge on any atom is 0.129 e. The van der Waals surface area contributed by atoms with Gasteiger partial charge in [-0.3, -0.25) is 0 Å². The van der Waals surface area contributed by atoms with Crippen LogP contribution in [0.1, 0.15) is 0 Å². The highest BCUT2D eigenvalue weighted by atomic mass is 79.9. The van der Waals surface area contributed by atoms with Crippen LogP contribution >= 0.6 is 38.9 Å². The lowest BCUT2D eigenvalue weighted by atomic mass is 10.2. The Morgan fingerprint density at radius 2 is 1.84 bits per heavy atom. The van der Waals surface area contributed by atoms with Crippen molar-refractivity contribution in [2.24, 2.45) is 0 Å². The average molecular weight is 352 g/mol. The summed E-state index contributed by atoms with van der Waals surface area (Å²) in [6, 6.07) is 11.8. The van der Waals surface area contributed by atoms with Crippen molar-refractivity contribution in [2.45, 2.75) is 0 Å². The molecule has 1 aromatic carbocycles. The Kier molecular flexibility index (Phi) is 3.64. The zero-order chi connectivity index (χ0) is 13.2. The summed E-state index contributed by atoms with van der Waals surface area (Å²) >= 11 is 10.9. The van der Waals surface area contributed by atoms with Gasteiger partial charge in [0.05, 0.1) is 5.69 Å². The van der Waals surface area contributed by atoms with Gasteiger partial charge in [-0.1, -0.05) is 39.7 Å². The molecule has 0 bridgehead atoms. The van der Waals surface area contributed by atoms with Crippen LogP contribution in [-0.4, -0.2) is 9.97 Å². The second-order valence-corrected chi connectivity index (χ2v) is 6.07. The predicted octanol–water partition coefficient (Wildman–Crippen LogP) is 5.29. The maximum atomic E-state index is 5.90. The third-order valence-corrected chi connectivity index (χ3v) is 4.24. The Labute approximate surface area is 128 Å². The lowest BCUT2D eigenvalue weighted by Gasteiger charge is -1.97. The molecule has 0 spiro atoms. The number of aromatic nitrogens is 2. The Bertz CT molecular complexity index is 709. The Morgan fingerprint density at radius 3 is 2.58 bits per heavy atom. The maximum absolute atomic E-state index is 5.90. The van der Waals surface area contributed by atoms with Crippen LogP contribution in [0.5, 0.6) is 0 Å². The molecule has 0 amide bonds. The summed E-state index contributed by atoms with van der Waals surface area (Å²) in [6.45, 7) is 0. The minimum atomic E-state index is 0.484. The second kappa shape index (κ2) is 5.41. The summed E-state index contributed by atoms with van der Waals surface area (Å²) < 4.78 is 1.06. The quantitative estimate of drug-likeness (QED) is 0.586. The molecule has 3 rings (SSSR count). The zero-order valence-electron chi connectivity index (χ0n) is 9.68. The van der Waals surface area contributed by atoms with Crippen molar-refractivity contribution in [1.29, 1.82) is 0 Å². The first kappa shape index (κ1) is 12.8. The van der Waals surface area contributed by atoms with Crippen LogP contribution in [0.4, 0.5) is 0 Å². The van der Waals surface area contributed by atoms with Crippen molar-refractivity contribution in [3.8, 4) is 21.8 Å². The second-order valence-electron chi connectivity index (χ2n) is 3.91. The lowest BCUT2D eigenvalue weighted by Crippen LogP contribution is -1.81. The predicted molar refractivity (Wildman–Crippen MR) is 83.5 cm³/mol. The molecule has 0 saturated heterocycles. The molecule has 2 aromatic heterocycles.